The quantitative estimate of drug-likeness (QED) is 0.706. The third kappa shape index (κ3) is 1.03. The molecule has 0 saturated carbocycles. The fraction of sp³-hybridized carbons (Fsp3) is 0.267. The molecule has 0 radical (unpaired) electrons. The molecule has 0 aliphatic heterocycles. The van der Waals surface area contributed by atoms with Crippen LogP contribution in [-0.2, 0) is 16.6 Å². The van der Waals surface area contributed by atoms with Gasteiger partial charge in [0.05, 0.1) is 5.41 Å². The Labute approximate surface area is 95.1 Å². The van der Waals surface area contributed by atoms with Crippen molar-refractivity contribution >= 4 is 16.6 Å². The molecule has 1 unspecified atom stereocenters. The summed E-state index contributed by atoms with van der Waals surface area (Å²) in [6, 6.07) is 12.6. The molecule has 0 heterocycles. The zero-order valence-corrected chi connectivity index (χ0v) is 9.58. The molecule has 1 aliphatic carbocycles. The Balaban J connectivity index is 2.42. The fourth-order valence-corrected chi connectivity index (χ4v) is 2.82. The van der Waals surface area contributed by atoms with Gasteiger partial charge < -0.3 is 0 Å². The van der Waals surface area contributed by atoms with Crippen molar-refractivity contribution < 1.29 is 4.79 Å². The molecule has 16 heavy (non-hydrogen) atoms. The van der Waals surface area contributed by atoms with E-state index in [-0.39, 0.29) is 11.2 Å². The molecule has 0 amide bonds. The Morgan fingerprint density at radius 2 is 1.88 bits per heavy atom. The summed E-state index contributed by atoms with van der Waals surface area (Å²) >= 11 is 0. The van der Waals surface area contributed by atoms with Crippen LogP contribution in [0.25, 0.3) is 10.8 Å². The van der Waals surface area contributed by atoms with Gasteiger partial charge in [0.2, 0.25) is 0 Å². The van der Waals surface area contributed by atoms with Crippen LogP contribution in [0.2, 0.25) is 0 Å². The molecule has 0 saturated heterocycles. The lowest BCUT2D eigenvalue weighted by molar-refractivity contribution is -0.121. The third-order valence-electron chi connectivity index (χ3n) is 3.91. The molecule has 0 fully saturated rings. The van der Waals surface area contributed by atoms with Crippen LogP contribution in [0.5, 0.6) is 0 Å². The predicted molar refractivity (Wildman–Crippen MR) is 65.7 cm³/mol. The van der Waals surface area contributed by atoms with Crippen LogP contribution < -0.4 is 0 Å². The van der Waals surface area contributed by atoms with Crippen molar-refractivity contribution in [2.24, 2.45) is 0 Å². The predicted octanol–water partition coefficient (Wildman–Crippen LogP) is 3.24. The summed E-state index contributed by atoms with van der Waals surface area (Å²) in [6.45, 7) is 3.76. The highest BCUT2D eigenvalue weighted by molar-refractivity contribution is 6.00. The minimum atomic E-state index is -0.316. The Bertz CT molecular complexity index is 592. The maximum atomic E-state index is 11.9. The molecular weight excluding hydrogens is 196 g/mol. The minimum absolute atomic E-state index is 0.260. The second-order valence-electron chi connectivity index (χ2n) is 4.89. The zero-order valence-electron chi connectivity index (χ0n) is 9.58. The van der Waals surface area contributed by atoms with Crippen molar-refractivity contribution in [1.82, 2.24) is 0 Å². The first-order valence-corrected chi connectivity index (χ1v) is 5.65. The second kappa shape index (κ2) is 2.94. The molecule has 1 aliphatic rings. The van der Waals surface area contributed by atoms with Gasteiger partial charge in [0.1, 0.15) is 5.78 Å². The fourth-order valence-electron chi connectivity index (χ4n) is 2.82. The maximum absolute atomic E-state index is 11.9. The molecule has 2 aromatic carbocycles. The van der Waals surface area contributed by atoms with Gasteiger partial charge in [0, 0.05) is 0 Å². The standard InChI is InChI=1S/C15H14O/c1-10(16)15(2)9-12-7-3-5-11-6-4-8-13(15)14(11)12/h3-8H,9H2,1-2H3. The smallest absolute Gasteiger partial charge is 0.140 e. The van der Waals surface area contributed by atoms with E-state index in [9.17, 15) is 4.79 Å². The normalized spacial score (nSPS) is 22.6. The Hall–Kier alpha value is -1.63. The van der Waals surface area contributed by atoms with Gasteiger partial charge in [-0.15, -0.1) is 0 Å². The van der Waals surface area contributed by atoms with Crippen molar-refractivity contribution in [3.05, 3.63) is 47.5 Å². The highest BCUT2D eigenvalue weighted by Gasteiger charge is 2.38. The van der Waals surface area contributed by atoms with Crippen LogP contribution >= 0.6 is 0 Å². The highest BCUT2D eigenvalue weighted by atomic mass is 16.1. The first-order valence-electron chi connectivity index (χ1n) is 5.65. The lowest BCUT2D eigenvalue weighted by Crippen LogP contribution is -2.29. The zero-order chi connectivity index (χ0) is 11.3. The molecule has 0 bridgehead atoms. The number of carbonyl (C=O) groups is 1. The second-order valence-corrected chi connectivity index (χ2v) is 4.89. The molecule has 3 rings (SSSR count). The number of Topliss-reactive ketones (excluding diaryl/α,β-unsaturated/α-hetero) is 1. The van der Waals surface area contributed by atoms with Crippen molar-refractivity contribution in [3.8, 4) is 0 Å². The molecule has 1 atom stereocenters. The van der Waals surface area contributed by atoms with E-state index in [1.54, 1.807) is 6.92 Å². The molecule has 0 aromatic heterocycles. The van der Waals surface area contributed by atoms with E-state index in [2.05, 4.69) is 37.3 Å². The molecule has 0 N–H and O–H groups in total. The molecule has 1 heteroatoms. The summed E-state index contributed by atoms with van der Waals surface area (Å²) in [5, 5.41) is 2.54. The highest BCUT2D eigenvalue weighted by Crippen LogP contribution is 2.42. The van der Waals surface area contributed by atoms with Gasteiger partial charge >= 0.3 is 0 Å². The van der Waals surface area contributed by atoms with E-state index >= 15 is 0 Å². The van der Waals surface area contributed by atoms with Gasteiger partial charge in [-0.1, -0.05) is 36.4 Å². The number of carbonyl (C=O) groups excluding carboxylic acids is 1. The maximum Gasteiger partial charge on any atom is 0.140 e. The lowest BCUT2D eigenvalue weighted by atomic mass is 9.80. The van der Waals surface area contributed by atoms with Crippen LogP contribution in [0.4, 0.5) is 0 Å². The van der Waals surface area contributed by atoms with Crippen LogP contribution in [0, 0.1) is 0 Å². The largest absolute Gasteiger partial charge is 0.299 e. The Morgan fingerprint density at radius 1 is 1.19 bits per heavy atom. The van der Waals surface area contributed by atoms with Gasteiger partial charge in [0.15, 0.2) is 0 Å². The monoisotopic (exact) mass is 210 g/mol. The first-order chi connectivity index (χ1) is 7.63. The van der Waals surface area contributed by atoms with Gasteiger partial charge in [-0.3, -0.25) is 4.79 Å². The van der Waals surface area contributed by atoms with Gasteiger partial charge in [-0.05, 0) is 42.2 Å². The summed E-state index contributed by atoms with van der Waals surface area (Å²) in [6.07, 6.45) is 0.846. The number of hydrogen-bond donors (Lipinski definition) is 0. The van der Waals surface area contributed by atoms with E-state index in [1.807, 2.05) is 6.07 Å². The van der Waals surface area contributed by atoms with Gasteiger partial charge in [0.25, 0.3) is 0 Å². The summed E-state index contributed by atoms with van der Waals surface area (Å²) < 4.78 is 0. The minimum Gasteiger partial charge on any atom is -0.299 e. The van der Waals surface area contributed by atoms with Crippen LogP contribution in [0.1, 0.15) is 25.0 Å². The number of ketones is 1. The van der Waals surface area contributed by atoms with E-state index in [4.69, 9.17) is 0 Å². The first kappa shape index (κ1) is 9.59. The summed E-state index contributed by atoms with van der Waals surface area (Å²) in [5.41, 5.74) is 2.20. The van der Waals surface area contributed by atoms with Crippen LogP contribution in [0.15, 0.2) is 36.4 Å². The molecule has 80 valence electrons. The molecule has 0 spiro atoms. The van der Waals surface area contributed by atoms with E-state index < -0.39 is 0 Å². The molecule has 1 nitrogen and oxygen atoms in total. The summed E-state index contributed by atoms with van der Waals surface area (Å²) in [4.78, 5) is 11.9. The van der Waals surface area contributed by atoms with Crippen molar-refractivity contribution in [2.75, 3.05) is 0 Å². The number of benzene rings is 2. The van der Waals surface area contributed by atoms with Gasteiger partial charge in [-0.25, -0.2) is 0 Å². The van der Waals surface area contributed by atoms with E-state index in [1.165, 1.54) is 21.9 Å². The molecular formula is C15H14O. The van der Waals surface area contributed by atoms with E-state index in [0.29, 0.717) is 0 Å². The van der Waals surface area contributed by atoms with Crippen molar-refractivity contribution in [2.45, 2.75) is 25.7 Å². The SMILES string of the molecule is CC(=O)C1(C)Cc2cccc3cccc1c23. The topological polar surface area (TPSA) is 17.1 Å². The van der Waals surface area contributed by atoms with Crippen LogP contribution in [-0.4, -0.2) is 5.78 Å². The van der Waals surface area contributed by atoms with Crippen molar-refractivity contribution in [1.29, 1.82) is 0 Å². The Kier molecular flexibility index (Phi) is 1.76. The Morgan fingerprint density at radius 3 is 2.56 bits per heavy atom. The van der Waals surface area contributed by atoms with Crippen LogP contribution in [0.3, 0.4) is 0 Å². The average Bonchev–Trinajstić information content (AvgIpc) is 2.57. The lowest BCUT2D eigenvalue weighted by Gasteiger charge is -2.21. The number of rotatable bonds is 1. The van der Waals surface area contributed by atoms with E-state index in [0.717, 1.165) is 6.42 Å². The average molecular weight is 210 g/mol. The summed E-state index contributed by atoms with van der Waals surface area (Å²) in [5.74, 6) is 0.260. The molecule has 2 aromatic rings. The third-order valence-corrected chi connectivity index (χ3v) is 3.91. The van der Waals surface area contributed by atoms with Crippen molar-refractivity contribution in [3.63, 3.8) is 0 Å². The number of hydrogen-bond acceptors (Lipinski definition) is 1. The van der Waals surface area contributed by atoms with Gasteiger partial charge in [-0.2, -0.15) is 0 Å². The summed E-state index contributed by atoms with van der Waals surface area (Å²) in [7, 11) is 0.